The molecule has 0 aliphatic heterocycles. The number of nitrogens with zero attached hydrogens (tertiary/aromatic N) is 1. The molecule has 3 aromatic carbocycles. The molecule has 0 N–H and O–H groups in total. The van der Waals surface area contributed by atoms with Gasteiger partial charge in [-0.05, 0) is 61.9 Å². The van der Waals surface area contributed by atoms with Crippen molar-refractivity contribution in [1.82, 2.24) is 4.98 Å². The molecule has 0 bridgehead atoms. The number of oxazole rings is 1. The Morgan fingerprint density at radius 2 is 1.77 bits per heavy atom. The highest BCUT2D eigenvalue weighted by molar-refractivity contribution is 6.30. The van der Waals surface area contributed by atoms with Gasteiger partial charge in [0.15, 0.2) is 11.4 Å². The molecule has 0 aliphatic carbocycles. The lowest BCUT2D eigenvalue weighted by atomic mass is 9.96. The number of carbonyl (C=O) groups is 1. The highest BCUT2D eigenvalue weighted by Gasteiger charge is 2.19. The Bertz CT molecular complexity index is 1130. The molecule has 1 aromatic heterocycles. The van der Waals surface area contributed by atoms with Crippen LogP contribution < -0.4 is 0 Å². The number of aromatic nitrogens is 1. The molecule has 0 spiro atoms. The minimum absolute atomic E-state index is 0.0874. The molecule has 0 unspecified atom stereocenters. The second-order valence-corrected chi connectivity index (χ2v) is 6.76. The third kappa shape index (κ3) is 2.91. The lowest BCUT2D eigenvalue weighted by Gasteiger charge is -2.07. The predicted molar refractivity (Wildman–Crippen MR) is 104 cm³/mol. The van der Waals surface area contributed by atoms with Gasteiger partial charge in [-0.15, -0.1) is 0 Å². The zero-order valence-corrected chi connectivity index (χ0v) is 15.2. The van der Waals surface area contributed by atoms with E-state index in [1.165, 1.54) is 0 Å². The first-order valence-corrected chi connectivity index (χ1v) is 8.68. The molecule has 0 atom stereocenters. The van der Waals surface area contributed by atoms with Crippen LogP contribution in [0.2, 0.25) is 5.02 Å². The van der Waals surface area contributed by atoms with Gasteiger partial charge in [-0.3, -0.25) is 4.79 Å². The second-order valence-electron chi connectivity index (χ2n) is 6.33. The highest BCUT2D eigenvalue weighted by atomic mass is 35.5. The van der Waals surface area contributed by atoms with Crippen molar-refractivity contribution in [3.05, 3.63) is 87.9 Å². The zero-order chi connectivity index (χ0) is 18.3. The van der Waals surface area contributed by atoms with Gasteiger partial charge in [0, 0.05) is 21.7 Å². The Morgan fingerprint density at radius 1 is 1.00 bits per heavy atom. The molecule has 0 fully saturated rings. The number of fused-ring (bicyclic) bond motifs is 1. The summed E-state index contributed by atoms with van der Waals surface area (Å²) < 4.78 is 6.00. The van der Waals surface area contributed by atoms with Crippen LogP contribution in [0.4, 0.5) is 0 Å². The van der Waals surface area contributed by atoms with Crippen molar-refractivity contribution in [2.45, 2.75) is 13.8 Å². The maximum atomic E-state index is 13.0. The van der Waals surface area contributed by atoms with E-state index in [-0.39, 0.29) is 5.78 Å². The van der Waals surface area contributed by atoms with Crippen LogP contribution in [-0.2, 0) is 0 Å². The van der Waals surface area contributed by atoms with E-state index < -0.39 is 0 Å². The number of rotatable bonds is 3. The molecule has 26 heavy (non-hydrogen) atoms. The van der Waals surface area contributed by atoms with E-state index in [2.05, 4.69) is 4.98 Å². The standard InChI is InChI=1S/C22H16ClNO2/c1-13-6-11-17(20(25)15-7-9-16(23)10-8-15)18(12-13)22-24-19-5-3-4-14(2)21(19)26-22/h3-12H,1-2H3. The molecule has 4 heteroatoms. The Labute approximate surface area is 156 Å². The summed E-state index contributed by atoms with van der Waals surface area (Å²) in [5.74, 6) is 0.367. The number of carbonyl (C=O) groups excluding carboxylic acids is 1. The predicted octanol–water partition coefficient (Wildman–Crippen LogP) is 6.00. The highest BCUT2D eigenvalue weighted by Crippen LogP contribution is 2.30. The maximum Gasteiger partial charge on any atom is 0.228 e. The van der Waals surface area contributed by atoms with E-state index in [4.69, 9.17) is 16.0 Å². The molecule has 128 valence electrons. The van der Waals surface area contributed by atoms with Crippen molar-refractivity contribution in [3.8, 4) is 11.5 Å². The summed E-state index contributed by atoms with van der Waals surface area (Å²) >= 11 is 5.93. The molecular formula is C22H16ClNO2. The summed E-state index contributed by atoms with van der Waals surface area (Å²) in [5.41, 5.74) is 5.40. The van der Waals surface area contributed by atoms with Crippen LogP contribution in [0.3, 0.4) is 0 Å². The van der Waals surface area contributed by atoms with E-state index in [9.17, 15) is 4.79 Å². The number of halogens is 1. The quantitative estimate of drug-likeness (QED) is 0.420. The fourth-order valence-electron chi connectivity index (χ4n) is 2.99. The van der Waals surface area contributed by atoms with Crippen molar-refractivity contribution in [1.29, 1.82) is 0 Å². The molecule has 0 amide bonds. The lowest BCUT2D eigenvalue weighted by Crippen LogP contribution is -2.04. The largest absolute Gasteiger partial charge is 0.436 e. The topological polar surface area (TPSA) is 43.1 Å². The summed E-state index contributed by atoms with van der Waals surface area (Å²) in [6, 6.07) is 18.4. The van der Waals surface area contributed by atoms with E-state index in [1.807, 2.05) is 50.2 Å². The van der Waals surface area contributed by atoms with Crippen LogP contribution in [0.15, 0.2) is 65.1 Å². The number of benzene rings is 3. The number of aryl methyl sites for hydroxylation is 2. The van der Waals surface area contributed by atoms with Crippen molar-refractivity contribution in [3.63, 3.8) is 0 Å². The van der Waals surface area contributed by atoms with E-state index in [0.29, 0.717) is 27.6 Å². The van der Waals surface area contributed by atoms with Crippen molar-refractivity contribution < 1.29 is 9.21 Å². The van der Waals surface area contributed by atoms with Crippen molar-refractivity contribution in [2.75, 3.05) is 0 Å². The Kier molecular flexibility index (Phi) is 4.09. The first-order valence-electron chi connectivity index (χ1n) is 8.30. The van der Waals surface area contributed by atoms with E-state index >= 15 is 0 Å². The molecule has 0 saturated heterocycles. The van der Waals surface area contributed by atoms with Gasteiger partial charge in [0.2, 0.25) is 5.89 Å². The lowest BCUT2D eigenvalue weighted by molar-refractivity contribution is 0.103. The Morgan fingerprint density at radius 3 is 2.50 bits per heavy atom. The van der Waals surface area contributed by atoms with Crippen LogP contribution in [0.5, 0.6) is 0 Å². The SMILES string of the molecule is Cc1ccc(C(=O)c2ccc(Cl)cc2)c(-c2nc3cccc(C)c3o2)c1. The number of hydrogen-bond acceptors (Lipinski definition) is 3. The van der Waals surface area contributed by atoms with Gasteiger partial charge in [0.05, 0.1) is 0 Å². The Balaban J connectivity index is 1.88. The third-order valence-electron chi connectivity index (χ3n) is 4.37. The second kappa shape index (κ2) is 6.43. The van der Waals surface area contributed by atoms with E-state index in [0.717, 1.165) is 22.2 Å². The first kappa shape index (κ1) is 16.6. The van der Waals surface area contributed by atoms with Crippen LogP contribution in [0.25, 0.3) is 22.6 Å². The Hall–Kier alpha value is -2.91. The minimum atomic E-state index is -0.0874. The molecule has 0 aliphatic rings. The first-order chi connectivity index (χ1) is 12.5. The monoisotopic (exact) mass is 361 g/mol. The normalized spacial score (nSPS) is 11.0. The molecule has 3 nitrogen and oxygen atoms in total. The number of para-hydroxylation sites is 1. The smallest absolute Gasteiger partial charge is 0.228 e. The van der Waals surface area contributed by atoms with Gasteiger partial charge in [-0.2, -0.15) is 0 Å². The van der Waals surface area contributed by atoms with Gasteiger partial charge in [0.1, 0.15) is 5.52 Å². The third-order valence-corrected chi connectivity index (χ3v) is 4.62. The molecule has 4 rings (SSSR count). The van der Waals surface area contributed by atoms with Gasteiger partial charge in [-0.1, -0.05) is 35.4 Å². The summed E-state index contributed by atoms with van der Waals surface area (Å²) in [5, 5.41) is 0.597. The summed E-state index contributed by atoms with van der Waals surface area (Å²) in [6.45, 7) is 3.96. The summed E-state index contributed by atoms with van der Waals surface area (Å²) in [7, 11) is 0. The van der Waals surface area contributed by atoms with Crippen LogP contribution in [-0.4, -0.2) is 10.8 Å². The van der Waals surface area contributed by atoms with Gasteiger partial charge in [0.25, 0.3) is 0 Å². The fraction of sp³-hybridized carbons (Fsp3) is 0.0909. The van der Waals surface area contributed by atoms with Crippen LogP contribution in [0, 0.1) is 13.8 Å². The number of hydrogen-bond donors (Lipinski definition) is 0. The molecule has 1 heterocycles. The molecular weight excluding hydrogens is 346 g/mol. The molecule has 4 aromatic rings. The average molecular weight is 362 g/mol. The fourth-order valence-corrected chi connectivity index (χ4v) is 3.12. The van der Waals surface area contributed by atoms with Crippen molar-refractivity contribution in [2.24, 2.45) is 0 Å². The van der Waals surface area contributed by atoms with Gasteiger partial charge >= 0.3 is 0 Å². The zero-order valence-electron chi connectivity index (χ0n) is 14.4. The summed E-state index contributed by atoms with van der Waals surface area (Å²) in [6.07, 6.45) is 0. The van der Waals surface area contributed by atoms with Crippen LogP contribution in [0.1, 0.15) is 27.0 Å². The van der Waals surface area contributed by atoms with E-state index in [1.54, 1.807) is 24.3 Å². The van der Waals surface area contributed by atoms with Gasteiger partial charge < -0.3 is 4.42 Å². The minimum Gasteiger partial charge on any atom is -0.436 e. The molecule has 0 saturated carbocycles. The number of ketones is 1. The molecule has 0 radical (unpaired) electrons. The maximum absolute atomic E-state index is 13.0. The van der Waals surface area contributed by atoms with Gasteiger partial charge in [-0.25, -0.2) is 4.98 Å². The summed E-state index contributed by atoms with van der Waals surface area (Å²) in [4.78, 5) is 17.6. The average Bonchev–Trinajstić information content (AvgIpc) is 3.07. The van der Waals surface area contributed by atoms with Crippen molar-refractivity contribution >= 4 is 28.5 Å². The van der Waals surface area contributed by atoms with Crippen LogP contribution >= 0.6 is 11.6 Å².